The second-order valence-corrected chi connectivity index (χ2v) is 4.15. The summed E-state index contributed by atoms with van der Waals surface area (Å²) in [7, 11) is 0. The molecule has 0 bridgehead atoms. The van der Waals surface area contributed by atoms with Gasteiger partial charge in [0.25, 0.3) is 0 Å². The van der Waals surface area contributed by atoms with Crippen molar-refractivity contribution in [2.75, 3.05) is 0 Å². The summed E-state index contributed by atoms with van der Waals surface area (Å²) >= 11 is 2.33. The first-order valence-electron chi connectivity index (χ1n) is 3.87. The highest BCUT2D eigenvalue weighted by molar-refractivity contribution is 14.1. The highest BCUT2D eigenvalue weighted by atomic mass is 127. The molecule has 0 nitrogen and oxygen atoms in total. The quantitative estimate of drug-likeness (QED) is 0.719. The van der Waals surface area contributed by atoms with Gasteiger partial charge in [0, 0.05) is 9.49 Å². The lowest BCUT2D eigenvalue weighted by Crippen LogP contribution is -1.91. The van der Waals surface area contributed by atoms with Gasteiger partial charge in [-0.05, 0) is 52.8 Å². The summed E-state index contributed by atoms with van der Waals surface area (Å²) in [4.78, 5) is 0. The van der Waals surface area contributed by atoms with Crippen molar-refractivity contribution in [1.82, 2.24) is 0 Å². The Morgan fingerprint density at radius 3 is 2.58 bits per heavy atom. The third kappa shape index (κ3) is 2.34. The first-order valence-corrected chi connectivity index (χ1v) is 4.95. The number of hydrogen-bond donors (Lipinski definition) is 0. The van der Waals surface area contributed by atoms with Crippen LogP contribution in [0.3, 0.4) is 0 Å². The van der Waals surface area contributed by atoms with Gasteiger partial charge in [-0.15, -0.1) is 6.58 Å². The molecular weight excluding hydrogens is 259 g/mol. The summed E-state index contributed by atoms with van der Waals surface area (Å²) in [6.07, 6.45) is 1.89. The average Bonchev–Trinajstić information content (AvgIpc) is 2.01. The second-order valence-electron chi connectivity index (χ2n) is 2.90. The van der Waals surface area contributed by atoms with Crippen LogP contribution in [0.5, 0.6) is 0 Å². The smallest absolute Gasteiger partial charge is 0.0230 e. The van der Waals surface area contributed by atoms with Crippen molar-refractivity contribution in [1.29, 1.82) is 0 Å². The van der Waals surface area contributed by atoms with Crippen molar-refractivity contribution in [3.8, 4) is 0 Å². The SMILES string of the molecule is C=C[C](C)c1cc(C)cc(I)c1. The van der Waals surface area contributed by atoms with Crippen molar-refractivity contribution in [2.45, 2.75) is 13.8 Å². The van der Waals surface area contributed by atoms with E-state index in [9.17, 15) is 0 Å². The zero-order valence-corrected chi connectivity index (χ0v) is 9.55. The molecule has 1 aromatic carbocycles. The Morgan fingerprint density at radius 2 is 2.08 bits per heavy atom. The average molecular weight is 271 g/mol. The lowest BCUT2D eigenvalue weighted by atomic mass is 10.00. The van der Waals surface area contributed by atoms with E-state index in [1.807, 2.05) is 6.08 Å². The van der Waals surface area contributed by atoms with Crippen LogP contribution >= 0.6 is 22.6 Å². The van der Waals surface area contributed by atoms with Crippen LogP contribution in [0.4, 0.5) is 0 Å². The number of halogens is 1. The first-order chi connectivity index (χ1) is 5.63. The Labute approximate surface area is 87.8 Å². The molecule has 1 heteroatoms. The lowest BCUT2D eigenvalue weighted by Gasteiger charge is -2.07. The van der Waals surface area contributed by atoms with Crippen LogP contribution in [0, 0.1) is 16.4 Å². The summed E-state index contributed by atoms with van der Waals surface area (Å²) in [5.41, 5.74) is 2.58. The fourth-order valence-electron chi connectivity index (χ4n) is 1.08. The Morgan fingerprint density at radius 1 is 1.42 bits per heavy atom. The van der Waals surface area contributed by atoms with E-state index in [1.54, 1.807) is 0 Å². The van der Waals surface area contributed by atoms with Crippen LogP contribution in [0.2, 0.25) is 0 Å². The van der Waals surface area contributed by atoms with E-state index in [1.165, 1.54) is 20.6 Å². The molecule has 0 aliphatic carbocycles. The zero-order valence-electron chi connectivity index (χ0n) is 7.39. The third-order valence-corrected chi connectivity index (χ3v) is 2.43. The minimum atomic E-state index is 1.23. The molecule has 0 saturated heterocycles. The van der Waals surface area contributed by atoms with Crippen molar-refractivity contribution < 1.29 is 0 Å². The number of benzene rings is 1. The van der Waals surface area contributed by atoms with Gasteiger partial charge in [-0.25, -0.2) is 0 Å². The molecule has 0 amide bonds. The van der Waals surface area contributed by atoms with Crippen LogP contribution in [0.1, 0.15) is 18.1 Å². The Balaban J connectivity index is 3.08. The van der Waals surface area contributed by atoms with Gasteiger partial charge in [-0.2, -0.15) is 0 Å². The minimum absolute atomic E-state index is 1.23. The van der Waals surface area contributed by atoms with Gasteiger partial charge in [-0.1, -0.05) is 19.1 Å². The molecule has 0 N–H and O–H groups in total. The van der Waals surface area contributed by atoms with E-state index in [0.717, 1.165) is 0 Å². The highest BCUT2D eigenvalue weighted by Crippen LogP contribution is 2.19. The predicted octanol–water partition coefficient (Wildman–Crippen LogP) is 3.73. The van der Waals surface area contributed by atoms with Gasteiger partial charge in [0.2, 0.25) is 0 Å². The summed E-state index contributed by atoms with van der Waals surface area (Å²) < 4.78 is 1.28. The van der Waals surface area contributed by atoms with Gasteiger partial charge in [0.05, 0.1) is 0 Å². The molecule has 1 rings (SSSR count). The largest absolute Gasteiger partial charge is 0.102 e. The molecule has 0 aliphatic rings. The zero-order chi connectivity index (χ0) is 9.14. The fraction of sp³-hybridized carbons (Fsp3) is 0.182. The van der Waals surface area contributed by atoms with Crippen LogP contribution in [-0.2, 0) is 0 Å². The lowest BCUT2D eigenvalue weighted by molar-refractivity contribution is 1.23. The maximum atomic E-state index is 3.76. The Kier molecular flexibility index (Phi) is 3.32. The monoisotopic (exact) mass is 271 g/mol. The topological polar surface area (TPSA) is 0 Å². The van der Waals surface area contributed by atoms with Crippen LogP contribution in [-0.4, -0.2) is 0 Å². The Bertz CT molecular complexity index is 269. The van der Waals surface area contributed by atoms with E-state index in [2.05, 4.69) is 61.2 Å². The van der Waals surface area contributed by atoms with Gasteiger partial charge in [-0.3, -0.25) is 0 Å². The van der Waals surface area contributed by atoms with Crippen molar-refractivity contribution in [3.05, 3.63) is 51.5 Å². The first kappa shape index (κ1) is 9.78. The normalized spacial score (nSPS) is 10.3. The van der Waals surface area contributed by atoms with Crippen molar-refractivity contribution in [2.24, 2.45) is 0 Å². The molecule has 0 atom stereocenters. The van der Waals surface area contributed by atoms with Gasteiger partial charge < -0.3 is 0 Å². The van der Waals surface area contributed by atoms with E-state index >= 15 is 0 Å². The summed E-state index contributed by atoms with van der Waals surface area (Å²) in [5.74, 6) is 1.23. The standard InChI is InChI=1S/C11H12I/c1-4-9(3)10-5-8(2)6-11(12)7-10/h4-7H,1H2,2-3H3. The van der Waals surface area contributed by atoms with Gasteiger partial charge in [0.15, 0.2) is 0 Å². The van der Waals surface area contributed by atoms with Crippen molar-refractivity contribution >= 4 is 22.6 Å². The third-order valence-electron chi connectivity index (χ3n) is 1.80. The number of rotatable bonds is 2. The van der Waals surface area contributed by atoms with Crippen LogP contribution < -0.4 is 0 Å². The van der Waals surface area contributed by atoms with Crippen LogP contribution in [0.15, 0.2) is 30.9 Å². The molecule has 63 valence electrons. The maximum absolute atomic E-state index is 3.76. The molecule has 0 spiro atoms. The minimum Gasteiger partial charge on any atom is -0.102 e. The number of hydrogen-bond acceptors (Lipinski definition) is 0. The van der Waals surface area contributed by atoms with E-state index in [-0.39, 0.29) is 0 Å². The van der Waals surface area contributed by atoms with Crippen LogP contribution in [0.25, 0.3) is 0 Å². The molecule has 1 aromatic rings. The molecule has 0 saturated carbocycles. The molecule has 0 heterocycles. The predicted molar refractivity (Wildman–Crippen MR) is 62.1 cm³/mol. The second kappa shape index (κ2) is 4.08. The van der Waals surface area contributed by atoms with E-state index < -0.39 is 0 Å². The fourth-order valence-corrected chi connectivity index (χ4v) is 1.91. The van der Waals surface area contributed by atoms with E-state index in [0.29, 0.717) is 0 Å². The van der Waals surface area contributed by atoms with E-state index in [4.69, 9.17) is 0 Å². The molecule has 0 aromatic heterocycles. The number of allylic oxidation sites excluding steroid dienone is 1. The molecule has 12 heavy (non-hydrogen) atoms. The number of aryl methyl sites for hydroxylation is 1. The van der Waals surface area contributed by atoms with Gasteiger partial charge in [0.1, 0.15) is 0 Å². The summed E-state index contributed by atoms with van der Waals surface area (Å²) in [6, 6.07) is 6.52. The molecule has 0 unspecified atom stereocenters. The molecule has 0 aliphatic heterocycles. The highest BCUT2D eigenvalue weighted by Gasteiger charge is 2.02. The summed E-state index contributed by atoms with van der Waals surface area (Å²) in [5, 5.41) is 0. The van der Waals surface area contributed by atoms with Gasteiger partial charge >= 0.3 is 0 Å². The summed E-state index contributed by atoms with van der Waals surface area (Å²) in [6.45, 7) is 7.95. The Hall–Kier alpha value is -0.310. The molecule has 0 fully saturated rings. The van der Waals surface area contributed by atoms with Crippen molar-refractivity contribution in [3.63, 3.8) is 0 Å². The molecular formula is C11H12I. The molecule has 1 radical (unpaired) electrons. The maximum Gasteiger partial charge on any atom is 0.0230 e.